The van der Waals surface area contributed by atoms with E-state index in [1.807, 2.05) is 6.08 Å². The molecule has 0 spiro atoms. The third-order valence-corrected chi connectivity index (χ3v) is 5.65. The van der Waals surface area contributed by atoms with E-state index in [4.69, 9.17) is 21.2 Å². The maximum atomic E-state index is 12.7. The molecule has 0 aromatic heterocycles. The van der Waals surface area contributed by atoms with Crippen molar-refractivity contribution < 1.29 is 29.4 Å². The minimum Gasteiger partial charge on any atom is -0.507 e. The number of carbonyl (C=O) groups is 2. The van der Waals surface area contributed by atoms with Crippen LogP contribution in [0.15, 0.2) is 49.2 Å². The molecule has 0 atom stereocenters. The predicted molar refractivity (Wildman–Crippen MR) is 136 cm³/mol. The highest BCUT2D eigenvalue weighted by atomic mass is 35.5. The summed E-state index contributed by atoms with van der Waals surface area (Å²) in [4.78, 5) is 32.3. The highest BCUT2D eigenvalue weighted by Crippen LogP contribution is 2.38. The Bertz CT molecular complexity index is 967. The predicted octanol–water partition coefficient (Wildman–Crippen LogP) is 4.88. The molecule has 0 radical (unpaired) electrons. The topological polar surface area (TPSA) is 108 Å². The summed E-state index contributed by atoms with van der Waals surface area (Å²) < 4.78 is 5.19. The molecule has 1 heterocycles. The second-order valence-electron chi connectivity index (χ2n) is 7.93. The van der Waals surface area contributed by atoms with E-state index in [9.17, 15) is 19.8 Å². The van der Waals surface area contributed by atoms with Crippen molar-refractivity contribution in [2.45, 2.75) is 38.5 Å². The van der Waals surface area contributed by atoms with E-state index in [1.54, 1.807) is 23.1 Å². The second kappa shape index (κ2) is 14.9. The van der Waals surface area contributed by atoms with Gasteiger partial charge in [-0.3, -0.25) is 15.1 Å². The number of benzene rings is 1. The van der Waals surface area contributed by atoms with Crippen molar-refractivity contribution >= 4 is 29.6 Å². The number of likely N-dealkylation sites (tertiary alicyclic amines) is 1. The summed E-state index contributed by atoms with van der Waals surface area (Å²) in [7, 11) is 0. The minimum atomic E-state index is -0.811. The average molecular weight is 505 g/mol. The third-order valence-electron chi connectivity index (χ3n) is 5.25. The Hall–Kier alpha value is -3.23. The fraction of sp³-hybridized carbons (Fsp3) is 0.385. The number of allylic oxidation sites excluding steroid dienone is 3. The normalized spacial score (nSPS) is 14.1. The molecule has 0 unspecified atom stereocenters. The van der Waals surface area contributed by atoms with Crippen molar-refractivity contribution in [3.05, 3.63) is 65.4 Å². The van der Waals surface area contributed by atoms with Gasteiger partial charge in [-0.2, -0.15) is 0 Å². The fourth-order valence-corrected chi connectivity index (χ4v) is 3.62. The molecule has 0 aliphatic carbocycles. The molecule has 1 amide bonds. The zero-order chi connectivity index (χ0) is 25.6. The molecule has 35 heavy (non-hydrogen) atoms. The quantitative estimate of drug-likeness (QED) is 0.115. The van der Waals surface area contributed by atoms with Crippen molar-refractivity contribution in [3.8, 4) is 11.5 Å². The molecule has 1 aromatic rings. The first-order valence-corrected chi connectivity index (χ1v) is 11.9. The number of unbranched alkanes of at least 4 members (excludes halogenated alkanes) is 1. The van der Waals surface area contributed by atoms with Crippen molar-refractivity contribution in [1.82, 2.24) is 10.4 Å². The van der Waals surface area contributed by atoms with Crippen LogP contribution in [0.1, 0.15) is 54.4 Å². The number of hydrogen-bond donors (Lipinski definition) is 3. The van der Waals surface area contributed by atoms with Gasteiger partial charge in [0.1, 0.15) is 17.1 Å². The lowest BCUT2D eigenvalue weighted by molar-refractivity contribution is -0.139. The summed E-state index contributed by atoms with van der Waals surface area (Å²) in [6.45, 7) is 8.57. The molecule has 9 heteroatoms. The maximum absolute atomic E-state index is 12.7. The summed E-state index contributed by atoms with van der Waals surface area (Å²) in [6.07, 6.45) is 13.2. The Balaban J connectivity index is 2.30. The number of carbonyl (C=O) groups excluding carboxylic acids is 2. The van der Waals surface area contributed by atoms with Crippen LogP contribution in [0.3, 0.4) is 0 Å². The van der Waals surface area contributed by atoms with Crippen LogP contribution in [0.4, 0.5) is 0 Å². The minimum absolute atomic E-state index is 0.0367. The number of piperidine rings is 1. The van der Waals surface area contributed by atoms with Gasteiger partial charge in [-0.05, 0) is 50.7 Å². The summed E-state index contributed by atoms with van der Waals surface area (Å²) in [5.41, 5.74) is 2.88. The van der Waals surface area contributed by atoms with Gasteiger partial charge in [0.15, 0.2) is 6.61 Å². The molecule has 1 aromatic carbocycles. The van der Waals surface area contributed by atoms with Gasteiger partial charge in [0.2, 0.25) is 0 Å². The summed E-state index contributed by atoms with van der Waals surface area (Å²) in [6, 6.07) is 0.977. The number of phenols is 2. The van der Waals surface area contributed by atoms with Crippen molar-refractivity contribution in [3.63, 3.8) is 0 Å². The van der Waals surface area contributed by atoms with Crippen LogP contribution in [0.5, 0.6) is 11.5 Å². The monoisotopic (exact) mass is 504 g/mol. The van der Waals surface area contributed by atoms with Gasteiger partial charge in [-0.15, -0.1) is 13.2 Å². The number of esters is 1. The lowest BCUT2D eigenvalue weighted by Gasteiger charge is -2.26. The zero-order valence-corrected chi connectivity index (χ0v) is 20.6. The Morgan fingerprint density at radius 2 is 1.80 bits per heavy atom. The molecule has 190 valence electrons. The van der Waals surface area contributed by atoms with Gasteiger partial charge in [0.25, 0.3) is 5.91 Å². The Labute approximate surface area is 211 Å². The first kappa shape index (κ1) is 28.0. The van der Waals surface area contributed by atoms with Crippen LogP contribution in [-0.2, 0) is 14.4 Å². The number of hydrogen-bond acceptors (Lipinski definition) is 7. The average Bonchev–Trinajstić information content (AvgIpc) is 2.85. The molecule has 0 bridgehead atoms. The van der Waals surface area contributed by atoms with Crippen LogP contribution < -0.4 is 5.48 Å². The van der Waals surface area contributed by atoms with Crippen molar-refractivity contribution in [2.75, 3.05) is 26.3 Å². The Morgan fingerprint density at radius 3 is 2.49 bits per heavy atom. The lowest BCUT2D eigenvalue weighted by atomic mass is 10.0. The summed E-state index contributed by atoms with van der Waals surface area (Å²) >= 11 is 6.29. The van der Waals surface area contributed by atoms with Crippen LogP contribution in [0.25, 0.3) is 6.08 Å². The van der Waals surface area contributed by atoms with E-state index >= 15 is 0 Å². The van der Waals surface area contributed by atoms with Gasteiger partial charge < -0.3 is 19.8 Å². The Kier molecular flexibility index (Phi) is 11.9. The fourth-order valence-electron chi connectivity index (χ4n) is 3.42. The van der Waals surface area contributed by atoms with E-state index in [1.165, 1.54) is 6.08 Å². The molecule has 1 aliphatic rings. The second-order valence-corrected chi connectivity index (χ2v) is 8.31. The third kappa shape index (κ3) is 8.81. The van der Waals surface area contributed by atoms with Gasteiger partial charge >= 0.3 is 5.97 Å². The SMILES string of the molecule is C=CCCC=C/C(=C/c1c(Cl)c(O)cc(O)c1C(=O)OCCC=C)NOCC(=O)N1CCCCC1. The molecule has 1 fully saturated rings. The van der Waals surface area contributed by atoms with E-state index < -0.39 is 17.5 Å². The van der Waals surface area contributed by atoms with E-state index in [2.05, 4.69) is 18.6 Å². The van der Waals surface area contributed by atoms with Crippen LogP contribution in [0, 0.1) is 0 Å². The number of nitrogens with zero attached hydrogens (tertiary/aromatic N) is 1. The van der Waals surface area contributed by atoms with Crippen LogP contribution >= 0.6 is 11.6 Å². The van der Waals surface area contributed by atoms with Gasteiger partial charge in [0, 0.05) is 24.7 Å². The van der Waals surface area contributed by atoms with Crippen LogP contribution in [0.2, 0.25) is 5.02 Å². The standard InChI is InChI=1S/C26H33ClN2O6/c1-3-5-7-9-12-19(28-35-18-23(32)29-13-10-8-11-14-29)16-20-24(26(33)34-15-6-4-2)21(30)17-22(31)25(20)27/h3-4,9,12,16-17,28,30-31H,1-2,5-8,10-11,13-15,18H2/b12-9?,19-16-. The highest BCUT2D eigenvalue weighted by molar-refractivity contribution is 6.34. The summed E-state index contributed by atoms with van der Waals surface area (Å²) in [5, 5.41) is 20.4. The molecular weight excluding hydrogens is 472 g/mol. The largest absolute Gasteiger partial charge is 0.507 e. The van der Waals surface area contributed by atoms with Gasteiger partial charge in [0.05, 0.1) is 17.3 Å². The molecule has 2 rings (SSSR count). The van der Waals surface area contributed by atoms with E-state index in [0.717, 1.165) is 31.7 Å². The highest BCUT2D eigenvalue weighted by Gasteiger charge is 2.23. The Morgan fingerprint density at radius 1 is 1.09 bits per heavy atom. The van der Waals surface area contributed by atoms with Crippen LogP contribution in [-0.4, -0.2) is 53.3 Å². The number of nitrogens with one attached hydrogen (secondary N) is 1. The number of hydroxylamine groups is 1. The molecule has 1 aliphatic heterocycles. The molecule has 8 nitrogen and oxygen atoms in total. The number of amides is 1. The number of ether oxygens (including phenoxy) is 1. The molecular formula is C26H33ClN2O6. The summed E-state index contributed by atoms with van der Waals surface area (Å²) in [5.74, 6) is -1.84. The molecule has 1 saturated heterocycles. The number of aromatic hydroxyl groups is 2. The molecule has 3 N–H and O–H groups in total. The zero-order valence-electron chi connectivity index (χ0n) is 19.8. The van der Waals surface area contributed by atoms with Crippen molar-refractivity contribution in [2.24, 2.45) is 0 Å². The first-order chi connectivity index (χ1) is 16.9. The van der Waals surface area contributed by atoms with Gasteiger partial charge in [-0.25, -0.2) is 4.79 Å². The van der Waals surface area contributed by atoms with E-state index in [0.29, 0.717) is 31.6 Å². The number of phenolic OH excluding ortho intramolecular Hbond substituents is 2. The lowest BCUT2D eigenvalue weighted by Crippen LogP contribution is -2.39. The van der Waals surface area contributed by atoms with Gasteiger partial charge in [-0.1, -0.05) is 29.8 Å². The smallest absolute Gasteiger partial charge is 0.342 e. The number of rotatable bonds is 13. The first-order valence-electron chi connectivity index (χ1n) is 11.6. The number of halogens is 1. The maximum Gasteiger partial charge on any atom is 0.342 e. The van der Waals surface area contributed by atoms with Crippen molar-refractivity contribution in [1.29, 1.82) is 0 Å². The van der Waals surface area contributed by atoms with E-state index in [-0.39, 0.29) is 35.3 Å². The molecule has 0 saturated carbocycles.